The van der Waals surface area contributed by atoms with Gasteiger partial charge < -0.3 is 16.0 Å². The molecule has 1 aliphatic rings. The molecule has 1 saturated heterocycles. The molecule has 0 saturated carbocycles. The van der Waals surface area contributed by atoms with E-state index in [9.17, 15) is 17.8 Å². The van der Waals surface area contributed by atoms with Crippen molar-refractivity contribution in [3.8, 4) is 0 Å². The highest BCUT2D eigenvalue weighted by atomic mass is 79.9. The molecule has 3 rings (SSSR count). The Labute approximate surface area is 201 Å². The molecule has 0 unspecified atom stereocenters. The number of aromatic nitrogens is 1. The van der Waals surface area contributed by atoms with Crippen LogP contribution < -0.4 is 16.0 Å². The largest absolute Gasteiger partial charge is 0.356 e. The minimum absolute atomic E-state index is 0.109. The van der Waals surface area contributed by atoms with E-state index in [2.05, 4.69) is 30.6 Å². The molecule has 0 radical (unpaired) electrons. The third-order valence-electron chi connectivity index (χ3n) is 5.50. The van der Waals surface area contributed by atoms with E-state index in [1.165, 1.54) is 6.26 Å². The van der Waals surface area contributed by atoms with E-state index >= 15 is 0 Å². The lowest BCUT2D eigenvalue weighted by Gasteiger charge is -2.25. The molecule has 1 aliphatic heterocycles. The SMILES string of the molecule is Cc1c(Br)cnc(N2CCCC(F)(F)CC2)c1C(=O)Nc1cccc([S@@](C)(=O)=NCCN)c1. The number of amides is 1. The van der Waals surface area contributed by atoms with E-state index in [0.29, 0.717) is 51.5 Å². The van der Waals surface area contributed by atoms with Crippen LogP contribution in [0.2, 0.25) is 0 Å². The van der Waals surface area contributed by atoms with Crippen LogP contribution in [-0.4, -0.2) is 53.5 Å². The molecule has 3 N–H and O–H groups in total. The van der Waals surface area contributed by atoms with Crippen molar-refractivity contribution in [1.29, 1.82) is 0 Å². The molecular weight excluding hydrogens is 516 g/mol. The van der Waals surface area contributed by atoms with Gasteiger partial charge in [-0.2, -0.15) is 0 Å². The van der Waals surface area contributed by atoms with E-state index in [-0.39, 0.29) is 25.9 Å². The van der Waals surface area contributed by atoms with Gasteiger partial charge in [-0.3, -0.25) is 4.79 Å². The molecule has 2 heterocycles. The number of nitrogens with two attached hydrogens (primary N) is 1. The van der Waals surface area contributed by atoms with Crippen molar-refractivity contribution in [3.63, 3.8) is 0 Å². The van der Waals surface area contributed by atoms with Crippen LogP contribution in [0.15, 0.2) is 44.2 Å². The second-order valence-electron chi connectivity index (χ2n) is 8.05. The third-order valence-corrected chi connectivity index (χ3v) is 8.10. The van der Waals surface area contributed by atoms with Crippen LogP contribution in [0.1, 0.15) is 35.2 Å². The lowest BCUT2D eigenvalue weighted by Crippen LogP contribution is -2.30. The van der Waals surface area contributed by atoms with Crippen LogP contribution in [0.25, 0.3) is 0 Å². The Morgan fingerprint density at radius 3 is 2.85 bits per heavy atom. The maximum absolute atomic E-state index is 13.9. The first-order valence-corrected chi connectivity index (χ1v) is 13.3. The van der Waals surface area contributed by atoms with Crippen LogP contribution in [-0.2, 0) is 9.73 Å². The number of hydrogen-bond donors (Lipinski definition) is 2. The second-order valence-corrected chi connectivity index (χ2v) is 11.2. The Balaban J connectivity index is 1.93. The molecule has 2 aromatic rings. The Bertz CT molecular complexity index is 1150. The number of halogens is 3. The maximum Gasteiger partial charge on any atom is 0.259 e. The molecule has 0 bridgehead atoms. The first-order chi connectivity index (χ1) is 15.5. The van der Waals surface area contributed by atoms with E-state index in [1.807, 2.05) is 0 Å². The van der Waals surface area contributed by atoms with Gasteiger partial charge >= 0.3 is 0 Å². The Morgan fingerprint density at radius 1 is 1.36 bits per heavy atom. The van der Waals surface area contributed by atoms with Gasteiger partial charge in [0, 0.05) is 60.0 Å². The van der Waals surface area contributed by atoms with E-state index < -0.39 is 21.6 Å². The average Bonchev–Trinajstić information content (AvgIpc) is 2.94. The molecule has 11 heteroatoms. The molecule has 33 heavy (non-hydrogen) atoms. The summed E-state index contributed by atoms with van der Waals surface area (Å²) in [7, 11) is -2.66. The van der Waals surface area contributed by atoms with Gasteiger partial charge in [0.15, 0.2) is 0 Å². The zero-order valence-corrected chi connectivity index (χ0v) is 21.0. The number of hydrogen-bond acceptors (Lipinski definition) is 6. The maximum atomic E-state index is 13.9. The number of nitrogens with one attached hydrogen (secondary N) is 1. The zero-order valence-electron chi connectivity index (χ0n) is 18.6. The molecule has 180 valence electrons. The number of carbonyl (C=O) groups excluding carboxylic acids is 1. The van der Waals surface area contributed by atoms with Gasteiger partial charge in [0.05, 0.1) is 21.8 Å². The van der Waals surface area contributed by atoms with Gasteiger partial charge in [0.2, 0.25) is 5.92 Å². The molecule has 1 fully saturated rings. The summed E-state index contributed by atoms with van der Waals surface area (Å²) in [6.07, 6.45) is 2.95. The summed E-state index contributed by atoms with van der Waals surface area (Å²) in [6.45, 7) is 2.84. The highest BCUT2D eigenvalue weighted by Gasteiger charge is 2.33. The number of alkyl halides is 2. The summed E-state index contributed by atoms with van der Waals surface area (Å²) in [5.74, 6) is -2.77. The van der Waals surface area contributed by atoms with Crippen LogP contribution >= 0.6 is 15.9 Å². The van der Waals surface area contributed by atoms with Gasteiger partial charge in [-0.05, 0) is 53.0 Å². The summed E-state index contributed by atoms with van der Waals surface area (Å²) in [4.78, 5) is 20.0. The lowest BCUT2D eigenvalue weighted by molar-refractivity contribution is -0.0102. The number of benzene rings is 1. The smallest absolute Gasteiger partial charge is 0.259 e. The molecule has 1 aromatic heterocycles. The van der Waals surface area contributed by atoms with Crippen molar-refractivity contribution in [1.82, 2.24) is 4.98 Å². The van der Waals surface area contributed by atoms with Crippen molar-refractivity contribution >= 4 is 43.1 Å². The third kappa shape index (κ3) is 6.27. The number of pyridine rings is 1. The van der Waals surface area contributed by atoms with Gasteiger partial charge in [-0.15, -0.1) is 0 Å². The van der Waals surface area contributed by atoms with E-state index in [0.717, 1.165) is 0 Å². The number of nitrogens with zero attached hydrogens (tertiary/aromatic N) is 3. The van der Waals surface area contributed by atoms with Crippen molar-refractivity contribution in [2.24, 2.45) is 10.1 Å². The minimum Gasteiger partial charge on any atom is -0.356 e. The van der Waals surface area contributed by atoms with Crippen LogP contribution in [0.4, 0.5) is 20.3 Å². The Hall–Kier alpha value is -2.11. The van der Waals surface area contributed by atoms with Gasteiger partial charge in [-0.1, -0.05) is 6.07 Å². The summed E-state index contributed by atoms with van der Waals surface area (Å²) >= 11 is 3.41. The van der Waals surface area contributed by atoms with E-state index in [4.69, 9.17) is 5.73 Å². The van der Waals surface area contributed by atoms with Crippen molar-refractivity contribution in [3.05, 3.63) is 46.1 Å². The fourth-order valence-corrected chi connectivity index (χ4v) is 5.24. The molecule has 1 amide bonds. The summed E-state index contributed by atoms with van der Waals surface area (Å²) in [5, 5.41) is 2.84. The van der Waals surface area contributed by atoms with Crippen LogP contribution in [0.5, 0.6) is 0 Å². The lowest BCUT2D eigenvalue weighted by atomic mass is 10.1. The first-order valence-electron chi connectivity index (χ1n) is 10.6. The highest BCUT2D eigenvalue weighted by Crippen LogP contribution is 2.33. The normalized spacial score (nSPS) is 17.7. The number of rotatable bonds is 6. The molecule has 1 aromatic carbocycles. The summed E-state index contributed by atoms with van der Waals surface area (Å²) in [5.41, 5.74) is 6.88. The number of carbonyl (C=O) groups is 1. The topological polar surface area (TPSA) is 101 Å². The standard InChI is InChI=1S/C22H28BrF2N5O2S/c1-15-18(23)14-27-20(30-11-4-7-22(24,25)8-12-30)19(15)21(31)29-16-5-3-6-17(13-16)33(2,32)28-10-9-26/h3,5-6,13-14H,4,7-12,26H2,1-2H3,(H,29,31)/t33-/m1/s1. The van der Waals surface area contributed by atoms with Gasteiger partial charge in [0.25, 0.3) is 5.91 Å². The van der Waals surface area contributed by atoms with Gasteiger partial charge in [-0.25, -0.2) is 22.3 Å². The van der Waals surface area contributed by atoms with Crippen molar-refractivity contribution in [2.45, 2.75) is 37.0 Å². The fraction of sp³-hybridized carbons (Fsp3) is 0.455. The first kappa shape index (κ1) is 25.5. The number of anilines is 2. The van der Waals surface area contributed by atoms with E-state index in [1.54, 1.807) is 42.3 Å². The average molecular weight is 544 g/mol. The highest BCUT2D eigenvalue weighted by molar-refractivity contribution is 9.10. The quantitative estimate of drug-likeness (QED) is 0.560. The Morgan fingerprint density at radius 2 is 2.12 bits per heavy atom. The molecule has 7 nitrogen and oxygen atoms in total. The predicted molar refractivity (Wildman–Crippen MR) is 131 cm³/mol. The molecule has 0 aliphatic carbocycles. The van der Waals surface area contributed by atoms with Crippen molar-refractivity contribution in [2.75, 3.05) is 42.7 Å². The monoisotopic (exact) mass is 543 g/mol. The second kappa shape index (κ2) is 10.4. The predicted octanol–water partition coefficient (Wildman–Crippen LogP) is 4.45. The van der Waals surface area contributed by atoms with Crippen molar-refractivity contribution < 1.29 is 17.8 Å². The molecule has 1 atom stereocenters. The summed E-state index contributed by atoms with van der Waals surface area (Å²) < 4.78 is 45.4. The molecule has 0 spiro atoms. The minimum atomic E-state index is -2.72. The Kier molecular flexibility index (Phi) is 8.07. The van der Waals surface area contributed by atoms with Crippen LogP contribution in [0, 0.1) is 6.92 Å². The van der Waals surface area contributed by atoms with Crippen LogP contribution in [0.3, 0.4) is 0 Å². The zero-order chi connectivity index (χ0) is 24.2. The fourth-order valence-electron chi connectivity index (χ4n) is 3.66. The summed E-state index contributed by atoms with van der Waals surface area (Å²) in [6, 6.07) is 6.68. The molecular formula is C22H28BrF2N5O2S. The van der Waals surface area contributed by atoms with Gasteiger partial charge in [0.1, 0.15) is 5.82 Å².